The van der Waals surface area contributed by atoms with Crippen molar-refractivity contribution in [1.29, 1.82) is 0 Å². The highest BCUT2D eigenvalue weighted by molar-refractivity contribution is 5.92. The van der Waals surface area contributed by atoms with Gasteiger partial charge in [0.2, 0.25) is 5.91 Å². The second-order valence-electron chi connectivity index (χ2n) is 7.75. The Balaban J connectivity index is 1.54. The molecular weight excluding hydrogens is 371 g/mol. The number of carbonyl (C=O) groups is 2. The Morgan fingerprint density at radius 3 is 2.72 bits per heavy atom. The summed E-state index contributed by atoms with van der Waals surface area (Å²) >= 11 is 0. The van der Waals surface area contributed by atoms with Gasteiger partial charge in [0, 0.05) is 30.9 Å². The second-order valence-corrected chi connectivity index (χ2v) is 7.75. The van der Waals surface area contributed by atoms with Gasteiger partial charge in [0.1, 0.15) is 17.3 Å². The van der Waals surface area contributed by atoms with Gasteiger partial charge < -0.3 is 10.2 Å². The van der Waals surface area contributed by atoms with E-state index in [2.05, 4.69) is 15.3 Å². The van der Waals surface area contributed by atoms with Crippen LogP contribution in [0.1, 0.15) is 53.3 Å². The summed E-state index contributed by atoms with van der Waals surface area (Å²) in [5.74, 6) is 0.382. The molecule has 0 aliphatic carbocycles. The Morgan fingerprint density at radius 2 is 2.00 bits per heavy atom. The number of halogens is 1. The molecule has 1 aliphatic heterocycles. The van der Waals surface area contributed by atoms with E-state index in [-0.39, 0.29) is 23.5 Å². The van der Waals surface area contributed by atoms with Gasteiger partial charge in [0.05, 0.1) is 0 Å². The third-order valence-electron chi connectivity index (χ3n) is 5.23. The number of piperidine rings is 1. The average molecular weight is 398 g/mol. The molecule has 6 nitrogen and oxygen atoms in total. The third-order valence-corrected chi connectivity index (χ3v) is 5.23. The predicted octanol–water partition coefficient (Wildman–Crippen LogP) is 3.81. The van der Waals surface area contributed by atoms with Crippen LogP contribution in [-0.2, 0) is 4.79 Å². The summed E-state index contributed by atoms with van der Waals surface area (Å²) in [5, 5.41) is 2.85. The quantitative estimate of drug-likeness (QED) is 0.831. The molecule has 0 spiro atoms. The van der Waals surface area contributed by atoms with E-state index < -0.39 is 0 Å². The molecule has 1 aromatic carbocycles. The zero-order chi connectivity index (χ0) is 21.0. The van der Waals surface area contributed by atoms with E-state index in [9.17, 15) is 14.0 Å². The molecule has 0 bridgehead atoms. The molecule has 7 heteroatoms. The minimum absolute atomic E-state index is 0.0744. The van der Waals surface area contributed by atoms with Gasteiger partial charge in [-0.2, -0.15) is 0 Å². The van der Waals surface area contributed by atoms with Crippen LogP contribution < -0.4 is 5.32 Å². The number of rotatable bonds is 5. The van der Waals surface area contributed by atoms with Crippen molar-refractivity contribution < 1.29 is 14.0 Å². The molecule has 154 valence electrons. The van der Waals surface area contributed by atoms with E-state index >= 15 is 0 Å². The molecule has 29 heavy (non-hydrogen) atoms. The topological polar surface area (TPSA) is 75.2 Å². The van der Waals surface area contributed by atoms with Gasteiger partial charge in [-0.15, -0.1) is 0 Å². The molecule has 1 atom stereocenters. The first kappa shape index (κ1) is 20.9. The van der Waals surface area contributed by atoms with Gasteiger partial charge in [0.15, 0.2) is 0 Å². The molecule has 1 N–H and O–H groups in total. The largest absolute Gasteiger partial charge is 0.337 e. The highest BCUT2D eigenvalue weighted by atomic mass is 19.1. The fraction of sp³-hybridized carbons (Fsp3) is 0.455. The lowest BCUT2D eigenvalue weighted by atomic mass is 9.93. The zero-order valence-corrected chi connectivity index (χ0v) is 17.2. The molecule has 2 aromatic rings. The third kappa shape index (κ3) is 5.59. The van der Waals surface area contributed by atoms with Crippen molar-refractivity contribution in [1.82, 2.24) is 14.9 Å². The molecule has 0 radical (unpaired) electrons. The molecule has 2 heterocycles. The van der Waals surface area contributed by atoms with Crippen molar-refractivity contribution in [2.75, 3.05) is 18.4 Å². The van der Waals surface area contributed by atoms with E-state index in [4.69, 9.17) is 0 Å². The first-order valence-electron chi connectivity index (χ1n) is 9.99. The van der Waals surface area contributed by atoms with Crippen molar-refractivity contribution in [2.24, 2.45) is 5.92 Å². The maximum atomic E-state index is 13.2. The smallest absolute Gasteiger partial charge is 0.272 e. The van der Waals surface area contributed by atoms with Gasteiger partial charge >= 0.3 is 0 Å². The van der Waals surface area contributed by atoms with Crippen LogP contribution in [0.15, 0.2) is 24.3 Å². The number of anilines is 1. The maximum absolute atomic E-state index is 13.2. The Kier molecular flexibility index (Phi) is 6.56. The summed E-state index contributed by atoms with van der Waals surface area (Å²) in [5.41, 5.74) is 2.54. The number of aryl methyl sites for hydroxylation is 3. The van der Waals surface area contributed by atoms with Gasteiger partial charge in [-0.1, -0.05) is 0 Å². The van der Waals surface area contributed by atoms with E-state index in [1.54, 1.807) is 26.0 Å². The average Bonchev–Trinajstić information content (AvgIpc) is 2.67. The van der Waals surface area contributed by atoms with Crippen molar-refractivity contribution in [2.45, 2.75) is 46.5 Å². The number of nitrogens with one attached hydrogen (secondary N) is 1. The first-order chi connectivity index (χ1) is 13.8. The number of carbonyl (C=O) groups excluding carboxylic acids is 2. The molecular formula is C22H27FN4O2. The summed E-state index contributed by atoms with van der Waals surface area (Å²) < 4.78 is 13.2. The van der Waals surface area contributed by atoms with Crippen molar-refractivity contribution in [3.05, 3.63) is 52.9 Å². The van der Waals surface area contributed by atoms with E-state index in [0.717, 1.165) is 18.5 Å². The summed E-state index contributed by atoms with van der Waals surface area (Å²) in [6, 6.07) is 6.04. The summed E-state index contributed by atoms with van der Waals surface area (Å²) in [7, 11) is 0. The molecule has 1 saturated heterocycles. The Labute approximate surface area is 170 Å². The van der Waals surface area contributed by atoms with Crippen LogP contribution >= 0.6 is 0 Å². The fourth-order valence-electron chi connectivity index (χ4n) is 3.79. The van der Waals surface area contributed by atoms with Crippen molar-refractivity contribution >= 4 is 17.5 Å². The van der Waals surface area contributed by atoms with Gasteiger partial charge in [-0.05, 0) is 75.8 Å². The number of likely N-dealkylation sites (tertiary alicyclic amines) is 1. The highest BCUT2D eigenvalue weighted by Gasteiger charge is 2.26. The van der Waals surface area contributed by atoms with E-state index in [1.807, 2.05) is 11.8 Å². The lowest BCUT2D eigenvalue weighted by molar-refractivity contribution is -0.116. The van der Waals surface area contributed by atoms with Gasteiger partial charge in [-0.25, -0.2) is 14.4 Å². The molecule has 2 amide bonds. The summed E-state index contributed by atoms with van der Waals surface area (Å²) in [6.07, 6.45) is 2.99. The van der Waals surface area contributed by atoms with Crippen LogP contribution in [0.25, 0.3) is 0 Å². The minimum Gasteiger partial charge on any atom is -0.337 e. The molecule has 1 aromatic heterocycles. The first-order valence-corrected chi connectivity index (χ1v) is 9.99. The second kappa shape index (κ2) is 9.11. The Bertz CT molecular complexity index is 895. The van der Waals surface area contributed by atoms with Crippen LogP contribution in [0, 0.1) is 32.5 Å². The highest BCUT2D eigenvalue weighted by Crippen LogP contribution is 2.23. The molecule has 1 fully saturated rings. The maximum Gasteiger partial charge on any atom is 0.272 e. The number of aromatic nitrogens is 2. The lowest BCUT2D eigenvalue weighted by Gasteiger charge is -2.32. The zero-order valence-electron chi connectivity index (χ0n) is 17.2. The van der Waals surface area contributed by atoms with Gasteiger partial charge in [0.25, 0.3) is 5.91 Å². The summed E-state index contributed by atoms with van der Waals surface area (Å²) in [6.45, 7) is 6.73. The number of hydrogen-bond donors (Lipinski definition) is 1. The van der Waals surface area contributed by atoms with Gasteiger partial charge in [-0.3, -0.25) is 9.59 Å². The SMILES string of the molecule is Cc1cc(C(=O)N2CCC[C@@H](CCC(=O)Nc3ccc(F)cc3C)C2)nc(C)n1. The number of benzene rings is 1. The number of amides is 2. The van der Waals surface area contributed by atoms with Crippen LogP contribution in [0.5, 0.6) is 0 Å². The summed E-state index contributed by atoms with van der Waals surface area (Å²) in [4.78, 5) is 35.5. The normalized spacial score (nSPS) is 16.6. The van der Waals surface area contributed by atoms with Crippen LogP contribution in [-0.4, -0.2) is 39.8 Å². The minimum atomic E-state index is -0.318. The van der Waals surface area contributed by atoms with E-state index in [0.29, 0.717) is 48.7 Å². The lowest BCUT2D eigenvalue weighted by Crippen LogP contribution is -2.40. The van der Waals surface area contributed by atoms with Crippen LogP contribution in [0.4, 0.5) is 10.1 Å². The molecule has 3 rings (SSSR count). The monoisotopic (exact) mass is 398 g/mol. The Morgan fingerprint density at radius 1 is 1.21 bits per heavy atom. The molecule has 0 unspecified atom stereocenters. The van der Waals surface area contributed by atoms with Crippen LogP contribution in [0.3, 0.4) is 0 Å². The van der Waals surface area contributed by atoms with E-state index in [1.165, 1.54) is 12.1 Å². The number of hydrogen-bond acceptors (Lipinski definition) is 4. The fourth-order valence-corrected chi connectivity index (χ4v) is 3.79. The van der Waals surface area contributed by atoms with Crippen molar-refractivity contribution in [3.63, 3.8) is 0 Å². The standard InChI is InChI=1S/C22H27FN4O2/c1-14-11-18(23)7-8-19(14)26-21(28)9-6-17-5-4-10-27(13-17)22(29)20-12-15(2)24-16(3)25-20/h7-8,11-12,17H,4-6,9-10,13H2,1-3H3,(H,26,28)/t17-/m0/s1. The predicted molar refractivity (Wildman–Crippen MR) is 109 cm³/mol. The molecule has 1 aliphatic rings. The van der Waals surface area contributed by atoms with Crippen LogP contribution in [0.2, 0.25) is 0 Å². The Hall–Kier alpha value is -2.83. The molecule has 0 saturated carbocycles. The van der Waals surface area contributed by atoms with Crippen molar-refractivity contribution in [3.8, 4) is 0 Å². The number of nitrogens with zero attached hydrogens (tertiary/aromatic N) is 3.